The molecule has 0 saturated carbocycles. The van der Waals surface area contributed by atoms with Crippen LogP contribution in [0.5, 0.6) is 28.7 Å². The van der Waals surface area contributed by atoms with Gasteiger partial charge in [0.25, 0.3) is 0 Å². The average Bonchev–Trinajstić information content (AvgIpc) is 2.92. The summed E-state index contributed by atoms with van der Waals surface area (Å²) in [6.07, 6.45) is 2.88. The fourth-order valence-electron chi connectivity index (χ4n) is 5.43. The molecule has 0 bridgehead atoms. The maximum absolute atomic E-state index is 11.6. The molecule has 39 heavy (non-hydrogen) atoms. The molecule has 1 aliphatic rings. The van der Waals surface area contributed by atoms with Crippen molar-refractivity contribution in [3.05, 3.63) is 52.6 Å². The topological polar surface area (TPSA) is 121 Å². The first kappa shape index (κ1) is 29.6. The van der Waals surface area contributed by atoms with Crippen LogP contribution in [-0.4, -0.2) is 82.3 Å². The quantitative estimate of drug-likeness (QED) is 0.286. The van der Waals surface area contributed by atoms with Crippen molar-refractivity contribution >= 4 is 11.9 Å². The SMILES string of the molecule is COc1cc2c(cc1OC)[C@@H](Cc1cc(OC)c(OC)c(OC)c1)[N+](C)(CCCC(=CC(=O)O)C(=O)O)CC2. The van der Waals surface area contributed by atoms with Crippen LogP contribution in [-0.2, 0) is 22.4 Å². The second-order valence-corrected chi connectivity index (χ2v) is 9.75. The molecule has 2 aromatic carbocycles. The molecule has 10 nitrogen and oxygen atoms in total. The summed E-state index contributed by atoms with van der Waals surface area (Å²) in [4.78, 5) is 22.7. The molecule has 0 amide bonds. The Labute approximate surface area is 228 Å². The molecule has 0 aromatic heterocycles. The average molecular weight is 545 g/mol. The molecule has 10 heteroatoms. The van der Waals surface area contributed by atoms with E-state index in [0.29, 0.717) is 52.6 Å². The number of carbonyl (C=O) groups is 2. The minimum absolute atomic E-state index is 0.0203. The normalized spacial score (nSPS) is 18.6. The molecule has 1 aliphatic heterocycles. The van der Waals surface area contributed by atoms with Gasteiger partial charge in [-0.15, -0.1) is 0 Å². The van der Waals surface area contributed by atoms with E-state index in [4.69, 9.17) is 28.8 Å². The fraction of sp³-hybridized carbons (Fsp3) is 0.448. The number of rotatable bonds is 13. The summed E-state index contributed by atoms with van der Waals surface area (Å²) in [5.74, 6) is 0.475. The van der Waals surface area contributed by atoms with Gasteiger partial charge in [-0.25, -0.2) is 9.59 Å². The van der Waals surface area contributed by atoms with Gasteiger partial charge in [0.15, 0.2) is 23.0 Å². The molecule has 1 unspecified atom stereocenters. The van der Waals surface area contributed by atoms with Gasteiger partial charge < -0.3 is 38.4 Å². The van der Waals surface area contributed by atoms with E-state index in [1.807, 2.05) is 24.3 Å². The molecular formula is C29H38NO9+. The molecule has 2 atom stereocenters. The predicted octanol–water partition coefficient (Wildman–Crippen LogP) is 3.89. The van der Waals surface area contributed by atoms with E-state index in [1.165, 1.54) is 0 Å². The Bertz CT molecular complexity index is 1210. The summed E-state index contributed by atoms with van der Waals surface area (Å²) in [7, 11) is 10.1. The monoisotopic (exact) mass is 544 g/mol. The van der Waals surface area contributed by atoms with Crippen LogP contribution in [0, 0.1) is 0 Å². The molecule has 2 N–H and O–H groups in total. The van der Waals surface area contributed by atoms with Crippen LogP contribution in [0.4, 0.5) is 0 Å². The Balaban J connectivity index is 2.04. The van der Waals surface area contributed by atoms with Crippen molar-refractivity contribution in [3.63, 3.8) is 0 Å². The third-order valence-electron chi connectivity index (χ3n) is 7.49. The Hall–Kier alpha value is -3.92. The van der Waals surface area contributed by atoms with E-state index in [-0.39, 0.29) is 18.0 Å². The lowest BCUT2D eigenvalue weighted by Crippen LogP contribution is -2.52. The summed E-state index contributed by atoms with van der Waals surface area (Å²) >= 11 is 0. The number of methoxy groups -OCH3 is 5. The van der Waals surface area contributed by atoms with Gasteiger partial charge >= 0.3 is 11.9 Å². The lowest BCUT2D eigenvalue weighted by molar-refractivity contribution is -0.941. The van der Waals surface area contributed by atoms with Crippen molar-refractivity contribution in [1.29, 1.82) is 0 Å². The third-order valence-corrected chi connectivity index (χ3v) is 7.49. The third kappa shape index (κ3) is 6.57. The van der Waals surface area contributed by atoms with Crippen LogP contribution < -0.4 is 23.7 Å². The molecule has 0 saturated heterocycles. The second kappa shape index (κ2) is 12.8. The first-order chi connectivity index (χ1) is 18.6. The number of carboxylic acids is 2. The van der Waals surface area contributed by atoms with Crippen molar-refractivity contribution in [2.24, 2.45) is 0 Å². The van der Waals surface area contributed by atoms with Gasteiger partial charge in [-0.05, 0) is 41.8 Å². The van der Waals surface area contributed by atoms with Crippen LogP contribution >= 0.6 is 0 Å². The van der Waals surface area contributed by atoms with E-state index >= 15 is 0 Å². The number of likely N-dealkylation sites (N-methyl/N-ethyl adjacent to an activating group) is 1. The first-order valence-corrected chi connectivity index (χ1v) is 12.6. The standard InChI is InChI=1S/C29H37NO9/c1-30(10-7-8-20(29(33)34)16-27(31)32)11-9-19-15-23(35-2)24(36-3)17-21(19)22(30)12-18-13-25(37-4)28(39-6)26(14-18)38-5/h13-17,22H,7-12H2,1-6H3,(H-,31,32,33,34)/p+1/t22-,30?/m1/s1. The van der Waals surface area contributed by atoms with E-state index in [0.717, 1.165) is 35.7 Å². The molecule has 212 valence electrons. The molecule has 3 rings (SSSR count). The molecule has 0 spiro atoms. The van der Waals surface area contributed by atoms with Crippen molar-refractivity contribution < 1.29 is 48.0 Å². The summed E-state index contributed by atoms with van der Waals surface area (Å²) in [6.45, 7) is 1.45. The maximum atomic E-state index is 11.6. The van der Waals surface area contributed by atoms with Crippen molar-refractivity contribution in [2.75, 3.05) is 55.7 Å². The minimum atomic E-state index is -1.26. The number of nitrogens with zero attached hydrogens (tertiary/aromatic N) is 1. The number of fused-ring (bicyclic) bond motifs is 1. The summed E-state index contributed by atoms with van der Waals surface area (Å²) in [5.41, 5.74) is 3.16. The highest BCUT2D eigenvalue weighted by atomic mass is 16.5. The van der Waals surface area contributed by atoms with Crippen LogP contribution in [0.25, 0.3) is 0 Å². The molecule has 0 aliphatic carbocycles. The molecule has 1 heterocycles. The van der Waals surface area contributed by atoms with Crippen LogP contribution in [0.2, 0.25) is 0 Å². The fourth-order valence-corrected chi connectivity index (χ4v) is 5.43. The summed E-state index contributed by atoms with van der Waals surface area (Å²) in [5, 5.41) is 18.5. The lowest BCUT2D eigenvalue weighted by atomic mass is 9.85. The lowest BCUT2D eigenvalue weighted by Gasteiger charge is -2.46. The van der Waals surface area contributed by atoms with Crippen LogP contribution in [0.15, 0.2) is 35.9 Å². The van der Waals surface area contributed by atoms with Crippen LogP contribution in [0.1, 0.15) is 35.6 Å². The minimum Gasteiger partial charge on any atom is -0.493 e. The molecule has 0 radical (unpaired) electrons. The number of hydrogen-bond acceptors (Lipinski definition) is 7. The molecular weight excluding hydrogens is 506 g/mol. The van der Waals surface area contributed by atoms with Gasteiger partial charge in [-0.1, -0.05) is 0 Å². The predicted molar refractivity (Wildman–Crippen MR) is 144 cm³/mol. The number of quaternary nitrogens is 1. The number of carboxylic acid groups (broad SMARTS) is 2. The summed E-state index contributed by atoms with van der Waals surface area (Å²) < 4.78 is 28.5. The zero-order valence-corrected chi connectivity index (χ0v) is 23.4. The highest BCUT2D eigenvalue weighted by Gasteiger charge is 2.40. The van der Waals surface area contributed by atoms with Crippen molar-refractivity contribution in [1.82, 2.24) is 0 Å². The number of aliphatic carboxylic acids is 2. The van der Waals surface area contributed by atoms with Gasteiger partial charge in [0, 0.05) is 36.5 Å². The van der Waals surface area contributed by atoms with E-state index in [2.05, 4.69) is 7.05 Å². The number of hydrogen-bond donors (Lipinski definition) is 2. The van der Waals surface area contributed by atoms with Gasteiger partial charge in [-0.2, -0.15) is 0 Å². The molecule has 0 fully saturated rings. The summed E-state index contributed by atoms with van der Waals surface area (Å²) in [6, 6.07) is 7.92. The first-order valence-electron chi connectivity index (χ1n) is 12.6. The zero-order valence-electron chi connectivity index (χ0n) is 23.4. The number of ether oxygens (including phenoxy) is 5. The van der Waals surface area contributed by atoms with Gasteiger partial charge in [0.05, 0.1) is 55.7 Å². The second-order valence-electron chi connectivity index (χ2n) is 9.75. The molecule has 2 aromatic rings. The Morgan fingerprint density at radius 1 is 0.897 bits per heavy atom. The Morgan fingerprint density at radius 3 is 2.00 bits per heavy atom. The van der Waals surface area contributed by atoms with Crippen molar-refractivity contribution in [3.8, 4) is 28.7 Å². The highest BCUT2D eigenvalue weighted by molar-refractivity contribution is 5.94. The highest BCUT2D eigenvalue weighted by Crippen LogP contribution is 2.45. The van der Waals surface area contributed by atoms with Gasteiger partial charge in [-0.3, -0.25) is 0 Å². The largest absolute Gasteiger partial charge is 0.493 e. The van der Waals surface area contributed by atoms with Crippen LogP contribution in [0.3, 0.4) is 0 Å². The number of benzene rings is 2. The van der Waals surface area contributed by atoms with Gasteiger partial charge in [0.1, 0.15) is 6.04 Å². The van der Waals surface area contributed by atoms with E-state index in [9.17, 15) is 14.7 Å². The van der Waals surface area contributed by atoms with Crippen molar-refractivity contribution in [2.45, 2.75) is 31.7 Å². The van der Waals surface area contributed by atoms with Gasteiger partial charge in [0.2, 0.25) is 5.75 Å². The zero-order chi connectivity index (χ0) is 28.7. The van der Waals surface area contributed by atoms with E-state index in [1.54, 1.807) is 35.5 Å². The smallest absolute Gasteiger partial charge is 0.331 e. The Kier molecular flexibility index (Phi) is 9.69. The van der Waals surface area contributed by atoms with E-state index < -0.39 is 11.9 Å². The Morgan fingerprint density at radius 2 is 1.49 bits per heavy atom. The maximum Gasteiger partial charge on any atom is 0.331 e.